The minimum absolute atomic E-state index is 0.534. The topological polar surface area (TPSA) is 0 Å². The summed E-state index contributed by atoms with van der Waals surface area (Å²) < 4.78 is 0. The zero-order chi connectivity index (χ0) is 17.8. The first-order valence-electron chi connectivity index (χ1n) is 9.33. The molecule has 0 aliphatic heterocycles. The smallest absolute Gasteiger partial charge is 0.00204 e. The quantitative estimate of drug-likeness (QED) is 0.362. The number of hydrogen-bond donors (Lipinski definition) is 0. The molecule has 0 radical (unpaired) electrons. The lowest BCUT2D eigenvalue weighted by Crippen LogP contribution is -2.06. The molecule has 0 aromatic carbocycles. The maximum absolute atomic E-state index is 4.43. The van der Waals surface area contributed by atoms with Gasteiger partial charge in [-0.2, -0.15) is 0 Å². The summed E-state index contributed by atoms with van der Waals surface area (Å²) in [6.45, 7) is 14.8. The van der Waals surface area contributed by atoms with E-state index in [4.69, 9.17) is 0 Å². The number of rotatable bonds is 10. The summed E-state index contributed by atoms with van der Waals surface area (Å²) in [5.41, 5.74) is 5.60. The van der Waals surface area contributed by atoms with Gasteiger partial charge in [-0.1, -0.05) is 98.8 Å². The van der Waals surface area contributed by atoms with Crippen LogP contribution in [0.3, 0.4) is 0 Å². The van der Waals surface area contributed by atoms with Crippen LogP contribution in [0.25, 0.3) is 0 Å². The lowest BCUT2D eigenvalue weighted by molar-refractivity contribution is 0.710. The van der Waals surface area contributed by atoms with Crippen LogP contribution in [-0.2, 0) is 0 Å². The Bertz CT molecular complexity index is 561. The van der Waals surface area contributed by atoms with E-state index in [0.717, 1.165) is 25.7 Å². The summed E-state index contributed by atoms with van der Waals surface area (Å²) in [4.78, 5) is 0. The monoisotopic (exact) mass is 322 g/mol. The van der Waals surface area contributed by atoms with Crippen molar-refractivity contribution >= 4 is 0 Å². The highest BCUT2D eigenvalue weighted by molar-refractivity contribution is 5.39. The lowest BCUT2D eigenvalue weighted by atomic mass is 9.83. The third-order valence-corrected chi connectivity index (χ3v) is 4.54. The fraction of sp³-hybridized carbons (Fsp3) is 0.417. The van der Waals surface area contributed by atoms with Crippen LogP contribution in [0, 0.1) is 5.92 Å². The molecule has 0 aromatic rings. The molecule has 1 atom stereocenters. The summed E-state index contributed by atoms with van der Waals surface area (Å²) in [6, 6.07) is 0. The van der Waals surface area contributed by atoms with Crippen LogP contribution in [0.1, 0.15) is 59.3 Å². The minimum atomic E-state index is 0.534. The lowest BCUT2D eigenvalue weighted by Gasteiger charge is -2.22. The van der Waals surface area contributed by atoms with Gasteiger partial charge in [0.15, 0.2) is 0 Å². The fourth-order valence-electron chi connectivity index (χ4n) is 3.19. The molecule has 130 valence electrons. The second-order valence-corrected chi connectivity index (χ2v) is 6.47. The Balaban J connectivity index is 3.05. The van der Waals surface area contributed by atoms with E-state index in [0.29, 0.717) is 5.92 Å². The second kappa shape index (κ2) is 11.7. The average molecular weight is 323 g/mol. The van der Waals surface area contributed by atoms with Crippen LogP contribution < -0.4 is 0 Å². The molecule has 1 aliphatic carbocycles. The van der Waals surface area contributed by atoms with Crippen molar-refractivity contribution in [3.05, 3.63) is 84.1 Å². The van der Waals surface area contributed by atoms with Crippen molar-refractivity contribution in [2.75, 3.05) is 0 Å². The van der Waals surface area contributed by atoms with Crippen LogP contribution in [0.5, 0.6) is 0 Å². The van der Waals surface area contributed by atoms with Gasteiger partial charge in [-0.05, 0) is 44.6 Å². The molecule has 0 saturated carbocycles. The predicted octanol–water partition coefficient (Wildman–Crippen LogP) is 7.65. The average Bonchev–Trinajstić information content (AvgIpc) is 2.60. The Morgan fingerprint density at radius 2 is 2.04 bits per heavy atom. The highest BCUT2D eigenvalue weighted by Crippen LogP contribution is 2.32. The van der Waals surface area contributed by atoms with Gasteiger partial charge in [-0.3, -0.25) is 0 Å². The predicted molar refractivity (Wildman–Crippen MR) is 110 cm³/mol. The zero-order valence-electron chi connectivity index (χ0n) is 15.9. The van der Waals surface area contributed by atoms with Gasteiger partial charge < -0.3 is 0 Å². The van der Waals surface area contributed by atoms with Gasteiger partial charge >= 0.3 is 0 Å². The third-order valence-electron chi connectivity index (χ3n) is 4.54. The molecule has 0 bridgehead atoms. The molecule has 0 heterocycles. The molecular formula is C24H34. The van der Waals surface area contributed by atoms with E-state index in [2.05, 4.69) is 70.4 Å². The van der Waals surface area contributed by atoms with E-state index in [-0.39, 0.29) is 0 Å². The maximum atomic E-state index is 4.43. The molecule has 1 rings (SSSR count). The standard InChI is InChI=1S/C24H34/c1-6-9-16-21(5)24(19-13-15-20(4)14-7-2)23(8-3)22-17-11-10-12-18-22/h7,10-15,17,22H,2,5-6,8-9,16,18-19H2,1,3-4H3. The highest BCUT2D eigenvalue weighted by atomic mass is 14.2. The van der Waals surface area contributed by atoms with Gasteiger partial charge in [0.2, 0.25) is 0 Å². The first-order chi connectivity index (χ1) is 11.6. The fourth-order valence-corrected chi connectivity index (χ4v) is 3.19. The van der Waals surface area contributed by atoms with E-state index < -0.39 is 0 Å². The van der Waals surface area contributed by atoms with Crippen molar-refractivity contribution in [2.24, 2.45) is 5.92 Å². The van der Waals surface area contributed by atoms with Crippen molar-refractivity contribution < 1.29 is 0 Å². The van der Waals surface area contributed by atoms with Crippen molar-refractivity contribution in [1.29, 1.82) is 0 Å². The van der Waals surface area contributed by atoms with Crippen molar-refractivity contribution in [2.45, 2.75) is 59.3 Å². The Kier molecular flexibility index (Phi) is 9.84. The molecular weight excluding hydrogens is 288 g/mol. The molecule has 0 fully saturated rings. The van der Waals surface area contributed by atoms with Crippen molar-refractivity contribution in [1.82, 2.24) is 0 Å². The maximum Gasteiger partial charge on any atom is 0.00204 e. The molecule has 0 heteroatoms. The minimum Gasteiger partial charge on any atom is -0.0991 e. The van der Waals surface area contributed by atoms with Gasteiger partial charge in [-0.25, -0.2) is 0 Å². The van der Waals surface area contributed by atoms with Crippen LogP contribution >= 0.6 is 0 Å². The van der Waals surface area contributed by atoms with Gasteiger partial charge in [0.05, 0.1) is 0 Å². The molecule has 0 saturated heterocycles. The van der Waals surface area contributed by atoms with E-state index >= 15 is 0 Å². The highest BCUT2D eigenvalue weighted by Gasteiger charge is 2.16. The Morgan fingerprint density at radius 3 is 2.62 bits per heavy atom. The molecule has 0 nitrogen and oxygen atoms in total. The summed E-state index contributed by atoms with van der Waals surface area (Å²) in [5.74, 6) is 0.534. The van der Waals surface area contributed by atoms with Gasteiger partial charge in [0.25, 0.3) is 0 Å². The van der Waals surface area contributed by atoms with E-state index in [9.17, 15) is 0 Å². The number of allylic oxidation sites excluding steroid dienone is 12. The van der Waals surface area contributed by atoms with Gasteiger partial charge in [-0.15, -0.1) is 0 Å². The van der Waals surface area contributed by atoms with Crippen LogP contribution in [0.2, 0.25) is 0 Å². The van der Waals surface area contributed by atoms with Crippen LogP contribution in [-0.4, -0.2) is 0 Å². The SMILES string of the molecule is C=CC=C(C)C=CCC(C(=C)CCCC)=C(CC)C1C=CC=CC1. The first-order valence-corrected chi connectivity index (χ1v) is 9.33. The summed E-state index contributed by atoms with van der Waals surface area (Å²) >= 11 is 0. The van der Waals surface area contributed by atoms with Crippen LogP contribution in [0.4, 0.5) is 0 Å². The summed E-state index contributed by atoms with van der Waals surface area (Å²) in [7, 11) is 0. The van der Waals surface area contributed by atoms with Crippen LogP contribution in [0.15, 0.2) is 84.1 Å². The van der Waals surface area contributed by atoms with E-state index in [1.54, 1.807) is 5.57 Å². The number of hydrogen-bond acceptors (Lipinski definition) is 0. The van der Waals surface area contributed by atoms with Gasteiger partial charge in [0, 0.05) is 5.92 Å². The summed E-state index contributed by atoms with van der Waals surface area (Å²) in [5, 5.41) is 0. The zero-order valence-corrected chi connectivity index (χ0v) is 15.9. The normalized spacial score (nSPS) is 18.8. The second-order valence-electron chi connectivity index (χ2n) is 6.47. The van der Waals surface area contributed by atoms with Gasteiger partial charge in [0.1, 0.15) is 0 Å². The van der Waals surface area contributed by atoms with Crippen molar-refractivity contribution in [3.8, 4) is 0 Å². The molecule has 1 unspecified atom stereocenters. The summed E-state index contributed by atoms with van der Waals surface area (Å²) in [6.07, 6.45) is 24.0. The van der Waals surface area contributed by atoms with E-state index in [1.807, 2.05) is 12.2 Å². The van der Waals surface area contributed by atoms with E-state index in [1.165, 1.54) is 29.6 Å². The Morgan fingerprint density at radius 1 is 1.25 bits per heavy atom. The number of unbranched alkanes of at least 4 members (excludes halogenated alkanes) is 1. The molecule has 24 heavy (non-hydrogen) atoms. The Hall–Kier alpha value is -1.82. The molecule has 0 spiro atoms. The first kappa shape index (κ1) is 20.2. The van der Waals surface area contributed by atoms with Crippen molar-refractivity contribution in [3.63, 3.8) is 0 Å². The largest absolute Gasteiger partial charge is 0.0991 e. The Labute approximate surface area is 149 Å². The molecule has 0 N–H and O–H groups in total. The molecule has 1 aliphatic rings. The third kappa shape index (κ3) is 6.74. The molecule has 0 aromatic heterocycles. The molecule has 0 amide bonds.